The van der Waals surface area contributed by atoms with Crippen molar-refractivity contribution in [1.29, 1.82) is 0 Å². The minimum absolute atomic E-state index is 1.17. The van der Waals surface area contributed by atoms with Crippen molar-refractivity contribution in [2.45, 2.75) is 0 Å². The van der Waals surface area contributed by atoms with E-state index in [9.17, 15) is 0 Å². The van der Waals surface area contributed by atoms with E-state index in [1.807, 2.05) is 0 Å². The summed E-state index contributed by atoms with van der Waals surface area (Å²) in [6.07, 6.45) is 0. The van der Waals surface area contributed by atoms with Crippen molar-refractivity contribution < 1.29 is 0 Å². The fourth-order valence-electron chi connectivity index (χ4n) is 4.03. The van der Waals surface area contributed by atoms with Crippen LogP contribution in [-0.2, 0) is 0 Å². The zero-order valence-electron chi connectivity index (χ0n) is 17.0. The molecule has 5 aromatic rings. The van der Waals surface area contributed by atoms with Crippen LogP contribution in [0.2, 0.25) is 0 Å². The van der Waals surface area contributed by atoms with Crippen LogP contribution in [0.3, 0.4) is 0 Å². The van der Waals surface area contributed by atoms with Gasteiger partial charge in [-0.05, 0) is 51.7 Å². The average Bonchev–Trinajstić information content (AvgIpc) is 2.84. The third-order valence-corrected chi connectivity index (χ3v) is 5.67. The predicted molar refractivity (Wildman–Crippen MR) is 129 cm³/mol. The normalized spacial score (nSPS) is 10.8. The van der Waals surface area contributed by atoms with E-state index in [4.69, 9.17) is 0 Å². The molecule has 0 aliphatic heterocycles. The van der Waals surface area contributed by atoms with Crippen molar-refractivity contribution in [3.63, 3.8) is 0 Å². The molecule has 5 aromatic carbocycles. The van der Waals surface area contributed by atoms with Gasteiger partial charge in [-0.1, -0.05) is 97.1 Å². The Morgan fingerprint density at radius 3 is 2.00 bits per heavy atom. The van der Waals surface area contributed by atoms with Gasteiger partial charge in [-0.15, -0.1) is 0 Å². The first kappa shape index (κ1) is 18.2. The zero-order valence-corrected chi connectivity index (χ0v) is 17.0. The Kier molecular flexibility index (Phi) is 4.78. The fourth-order valence-corrected chi connectivity index (χ4v) is 4.03. The molecule has 0 aromatic heterocycles. The van der Waals surface area contributed by atoms with E-state index in [1.165, 1.54) is 44.4 Å². The molecule has 0 spiro atoms. The molecule has 0 aliphatic carbocycles. The van der Waals surface area contributed by atoms with Gasteiger partial charge >= 0.3 is 0 Å². The Morgan fingerprint density at radius 1 is 0.467 bits per heavy atom. The molecule has 0 heterocycles. The lowest BCUT2D eigenvalue weighted by molar-refractivity contribution is 1.21. The molecule has 0 bridgehead atoms. The molecular weight excluding hydrogens is 362 g/mol. The van der Waals surface area contributed by atoms with Crippen molar-refractivity contribution in [2.75, 3.05) is 11.9 Å². The van der Waals surface area contributed by atoms with E-state index in [1.54, 1.807) is 0 Å². The van der Waals surface area contributed by atoms with Gasteiger partial charge in [0.2, 0.25) is 0 Å². The van der Waals surface area contributed by atoms with Crippen LogP contribution in [-0.4, -0.2) is 7.05 Å². The van der Waals surface area contributed by atoms with E-state index in [0.717, 1.165) is 0 Å². The molecule has 0 fully saturated rings. The number of benzene rings is 5. The first-order valence-electron chi connectivity index (χ1n) is 10.3. The molecule has 0 radical (unpaired) electrons. The maximum Gasteiger partial charge on any atom is 0.0487 e. The Morgan fingerprint density at radius 2 is 1.13 bits per heavy atom. The number of hydrogen-bond donors (Lipinski definition) is 0. The summed E-state index contributed by atoms with van der Waals surface area (Å²) in [6.45, 7) is 0. The molecule has 1 nitrogen and oxygen atoms in total. The van der Waals surface area contributed by atoms with Gasteiger partial charge in [0.05, 0.1) is 0 Å². The van der Waals surface area contributed by atoms with Crippen LogP contribution >= 0.6 is 0 Å². The molecule has 0 unspecified atom stereocenters. The van der Waals surface area contributed by atoms with E-state index < -0.39 is 0 Å². The van der Waals surface area contributed by atoms with Gasteiger partial charge in [0.1, 0.15) is 0 Å². The summed E-state index contributed by atoms with van der Waals surface area (Å²) in [5.74, 6) is 0. The lowest BCUT2D eigenvalue weighted by Gasteiger charge is -2.23. The Balaban J connectivity index is 1.54. The second-order valence-electron chi connectivity index (χ2n) is 7.55. The molecule has 5 rings (SSSR count). The van der Waals surface area contributed by atoms with Crippen molar-refractivity contribution >= 4 is 22.1 Å². The Hall–Kier alpha value is -3.84. The maximum absolute atomic E-state index is 2.27. The first-order chi connectivity index (χ1) is 14.8. The van der Waals surface area contributed by atoms with Gasteiger partial charge in [-0.25, -0.2) is 0 Å². The van der Waals surface area contributed by atoms with Crippen molar-refractivity contribution in [3.05, 3.63) is 121 Å². The van der Waals surface area contributed by atoms with Gasteiger partial charge in [-0.2, -0.15) is 0 Å². The summed E-state index contributed by atoms with van der Waals surface area (Å²) in [4.78, 5) is 2.27. The summed E-state index contributed by atoms with van der Waals surface area (Å²) < 4.78 is 0. The lowest BCUT2D eigenvalue weighted by Crippen LogP contribution is -2.10. The van der Waals surface area contributed by atoms with Crippen molar-refractivity contribution in [3.8, 4) is 22.3 Å². The van der Waals surface area contributed by atoms with Crippen molar-refractivity contribution in [1.82, 2.24) is 0 Å². The monoisotopic (exact) mass is 385 g/mol. The van der Waals surface area contributed by atoms with Crippen LogP contribution in [0.4, 0.5) is 11.4 Å². The van der Waals surface area contributed by atoms with Crippen LogP contribution in [0, 0.1) is 0 Å². The molecule has 0 N–H and O–H groups in total. The number of nitrogens with zero attached hydrogens (tertiary/aromatic N) is 1. The lowest BCUT2D eigenvalue weighted by atomic mass is 10.00. The molecule has 0 saturated heterocycles. The summed E-state index contributed by atoms with van der Waals surface area (Å²) in [6, 6.07) is 43.1. The molecular formula is C29H23N. The number of hydrogen-bond acceptors (Lipinski definition) is 1. The van der Waals surface area contributed by atoms with E-state index in [2.05, 4.69) is 133 Å². The largest absolute Gasteiger partial charge is 0.344 e. The van der Waals surface area contributed by atoms with Crippen LogP contribution < -0.4 is 4.90 Å². The van der Waals surface area contributed by atoms with Gasteiger partial charge in [0.15, 0.2) is 0 Å². The number of rotatable bonds is 4. The molecule has 0 saturated carbocycles. The van der Waals surface area contributed by atoms with E-state index in [-0.39, 0.29) is 0 Å². The average molecular weight is 386 g/mol. The van der Waals surface area contributed by atoms with E-state index in [0.29, 0.717) is 0 Å². The second-order valence-corrected chi connectivity index (χ2v) is 7.55. The quantitative estimate of drug-likeness (QED) is 0.303. The summed E-state index contributed by atoms with van der Waals surface area (Å²) >= 11 is 0. The molecule has 0 atom stereocenters. The molecule has 1 heteroatoms. The van der Waals surface area contributed by atoms with Gasteiger partial charge < -0.3 is 4.90 Å². The maximum atomic E-state index is 2.27. The number of anilines is 2. The summed E-state index contributed by atoms with van der Waals surface area (Å²) in [7, 11) is 2.14. The van der Waals surface area contributed by atoms with Gasteiger partial charge in [0, 0.05) is 24.0 Å². The zero-order chi connectivity index (χ0) is 20.3. The highest BCUT2D eigenvalue weighted by molar-refractivity contribution is 5.88. The minimum atomic E-state index is 1.17. The number of para-hydroxylation sites is 1. The Bertz CT molecular complexity index is 1300. The van der Waals surface area contributed by atoms with Crippen LogP contribution in [0.1, 0.15) is 0 Å². The van der Waals surface area contributed by atoms with Crippen LogP contribution in [0.25, 0.3) is 33.0 Å². The van der Waals surface area contributed by atoms with Gasteiger partial charge in [-0.3, -0.25) is 0 Å². The smallest absolute Gasteiger partial charge is 0.0487 e. The molecule has 30 heavy (non-hydrogen) atoms. The first-order valence-corrected chi connectivity index (χ1v) is 10.3. The van der Waals surface area contributed by atoms with Crippen LogP contribution in [0.15, 0.2) is 121 Å². The van der Waals surface area contributed by atoms with Crippen molar-refractivity contribution in [2.24, 2.45) is 0 Å². The van der Waals surface area contributed by atoms with E-state index >= 15 is 0 Å². The third kappa shape index (κ3) is 3.46. The highest BCUT2D eigenvalue weighted by Gasteiger charge is 2.11. The fraction of sp³-hybridized carbons (Fsp3) is 0.0345. The topological polar surface area (TPSA) is 3.24 Å². The highest BCUT2D eigenvalue weighted by atomic mass is 15.1. The van der Waals surface area contributed by atoms with Gasteiger partial charge in [0.25, 0.3) is 0 Å². The summed E-state index contributed by atoms with van der Waals surface area (Å²) in [5.41, 5.74) is 7.29. The molecule has 0 aliphatic rings. The predicted octanol–water partition coefficient (Wildman–Crippen LogP) is 7.94. The highest BCUT2D eigenvalue weighted by Crippen LogP contribution is 2.35. The van der Waals surface area contributed by atoms with Crippen LogP contribution in [0.5, 0.6) is 0 Å². The number of fused-ring (bicyclic) bond motifs is 1. The second kappa shape index (κ2) is 7.88. The Labute approximate surface area is 177 Å². The minimum Gasteiger partial charge on any atom is -0.344 e. The third-order valence-electron chi connectivity index (χ3n) is 5.67. The standard InChI is InChI=1S/C29H23N/c1-30(29-17-8-7-16-28(29)23-11-3-2-4-12-23)27-15-9-14-25(21-27)26-19-18-22-10-5-6-13-24(22)20-26/h2-21H,1H3. The SMILES string of the molecule is CN(c1cccc(-c2ccc3ccccc3c2)c1)c1ccccc1-c1ccccc1. The summed E-state index contributed by atoms with van der Waals surface area (Å²) in [5, 5.41) is 2.54. The molecule has 144 valence electrons. The molecule has 0 amide bonds.